The standard InChI is InChI=1S/C12H8FN3O3/c13-11-7-8(5-6-14-11)12(17)15-9-1-3-10(4-2-9)16(18)19/h1-7H,(H,15,17). The number of nitrogens with one attached hydrogen (secondary N) is 1. The third-order valence-electron chi connectivity index (χ3n) is 2.32. The van der Waals surface area contributed by atoms with Gasteiger partial charge >= 0.3 is 0 Å². The predicted octanol–water partition coefficient (Wildman–Crippen LogP) is 2.38. The Bertz CT molecular complexity index is 628. The molecule has 1 N–H and O–H groups in total. The second kappa shape index (κ2) is 5.21. The number of non-ortho nitro benzene ring substituents is 1. The Hall–Kier alpha value is -2.83. The van der Waals surface area contributed by atoms with E-state index >= 15 is 0 Å². The van der Waals surface area contributed by atoms with Gasteiger partial charge in [0.25, 0.3) is 11.6 Å². The van der Waals surface area contributed by atoms with Gasteiger partial charge in [-0.1, -0.05) is 0 Å². The Morgan fingerprint density at radius 3 is 2.53 bits per heavy atom. The Morgan fingerprint density at radius 1 is 1.26 bits per heavy atom. The molecule has 0 unspecified atom stereocenters. The Morgan fingerprint density at radius 2 is 1.95 bits per heavy atom. The van der Waals surface area contributed by atoms with Crippen LogP contribution in [0.2, 0.25) is 0 Å². The first-order valence-electron chi connectivity index (χ1n) is 5.23. The number of carbonyl (C=O) groups excluding carboxylic acids is 1. The van der Waals surface area contributed by atoms with E-state index in [-0.39, 0.29) is 11.3 Å². The molecule has 0 saturated heterocycles. The Kier molecular flexibility index (Phi) is 3.46. The largest absolute Gasteiger partial charge is 0.322 e. The summed E-state index contributed by atoms with van der Waals surface area (Å²) in [5.41, 5.74) is 0.423. The molecule has 0 aliphatic carbocycles. The van der Waals surface area contributed by atoms with Crippen LogP contribution >= 0.6 is 0 Å². The lowest BCUT2D eigenvalue weighted by Crippen LogP contribution is -2.12. The van der Waals surface area contributed by atoms with Crippen molar-refractivity contribution in [1.82, 2.24) is 4.98 Å². The average molecular weight is 261 g/mol. The molecule has 1 heterocycles. The zero-order valence-corrected chi connectivity index (χ0v) is 9.54. The van der Waals surface area contributed by atoms with Crippen LogP contribution < -0.4 is 5.32 Å². The number of hydrogen-bond donors (Lipinski definition) is 1. The van der Waals surface area contributed by atoms with Crippen LogP contribution in [0, 0.1) is 16.1 Å². The molecule has 2 rings (SSSR count). The normalized spacial score (nSPS) is 9.95. The van der Waals surface area contributed by atoms with E-state index in [4.69, 9.17) is 0 Å². The smallest absolute Gasteiger partial charge is 0.269 e. The minimum atomic E-state index is -0.753. The lowest BCUT2D eigenvalue weighted by atomic mass is 10.2. The van der Waals surface area contributed by atoms with Gasteiger partial charge in [-0.25, -0.2) is 4.98 Å². The number of carbonyl (C=O) groups is 1. The monoisotopic (exact) mass is 261 g/mol. The molecule has 2 aromatic rings. The first-order valence-corrected chi connectivity index (χ1v) is 5.23. The van der Waals surface area contributed by atoms with Crippen molar-refractivity contribution in [3.63, 3.8) is 0 Å². The van der Waals surface area contributed by atoms with Crippen molar-refractivity contribution in [3.05, 3.63) is 64.2 Å². The minimum Gasteiger partial charge on any atom is -0.322 e. The molecule has 0 aliphatic rings. The predicted molar refractivity (Wildman–Crippen MR) is 65.2 cm³/mol. The first-order chi connectivity index (χ1) is 9.06. The van der Waals surface area contributed by atoms with E-state index in [1.807, 2.05) is 0 Å². The molecule has 0 spiro atoms. The Labute approximate surface area is 107 Å². The number of nitro groups is 1. The molecule has 0 saturated carbocycles. The van der Waals surface area contributed by atoms with Crippen molar-refractivity contribution in [2.45, 2.75) is 0 Å². The summed E-state index contributed by atoms with van der Waals surface area (Å²) >= 11 is 0. The van der Waals surface area contributed by atoms with Gasteiger partial charge in [0.1, 0.15) is 0 Å². The maximum atomic E-state index is 12.8. The van der Waals surface area contributed by atoms with E-state index in [1.54, 1.807) is 0 Å². The molecular weight excluding hydrogens is 253 g/mol. The lowest BCUT2D eigenvalue weighted by Gasteiger charge is -2.04. The van der Waals surface area contributed by atoms with E-state index in [2.05, 4.69) is 10.3 Å². The fourth-order valence-corrected chi connectivity index (χ4v) is 1.41. The van der Waals surface area contributed by atoms with Crippen LogP contribution in [0.3, 0.4) is 0 Å². The van der Waals surface area contributed by atoms with Crippen LogP contribution in [0.1, 0.15) is 10.4 Å². The van der Waals surface area contributed by atoms with Gasteiger partial charge in [-0.2, -0.15) is 4.39 Å². The molecule has 0 fully saturated rings. The van der Waals surface area contributed by atoms with Gasteiger partial charge in [-0.3, -0.25) is 14.9 Å². The van der Waals surface area contributed by atoms with Gasteiger partial charge in [0.15, 0.2) is 0 Å². The van der Waals surface area contributed by atoms with E-state index in [1.165, 1.54) is 36.5 Å². The highest BCUT2D eigenvalue weighted by atomic mass is 19.1. The van der Waals surface area contributed by atoms with E-state index in [9.17, 15) is 19.3 Å². The number of benzene rings is 1. The van der Waals surface area contributed by atoms with Crippen LogP contribution in [0.15, 0.2) is 42.6 Å². The van der Waals surface area contributed by atoms with Gasteiger partial charge < -0.3 is 5.32 Å². The molecule has 6 nitrogen and oxygen atoms in total. The minimum absolute atomic E-state index is 0.0760. The van der Waals surface area contributed by atoms with Crippen molar-refractivity contribution in [2.75, 3.05) is 5.32 Å². The summed E-state index contributed by atoms with van der Waals surface area (Å²) in [5.74, 6) is -1.27. The molecule has 7 heteroatoms. The number of aromatic nitrogens is 1. The van der Waals surface area contributed by atoms with Crippen LogP contribution in [0.5, 0.6) is 0 Å². The van der Waals surface area contributed by atoms with Crippen molar-refractivity contribution in [1.29, 1.82) is 0 Å². The zero-order chi connectivity index (χ0) is 13.8. The molecule has 0 aliphatic heterocycles. The van der Waals surface area contributed by atoms with Crippen LogP contribution in [-0.2, 0) is 0 Å². The van der Waals surface area contributed by atoms with Gasteiger partial charge in [-0.05, 0) is 18.2 Å². The van der Waals surface area contributed by atoms with E-state index in [0.717, 1.165) is 6.07 Å². The van der Waals surface area contributed by atoms with E-state index in [0.29, 0.717) is 5.69 Å². The zero-order valence-electron chi connectivity index (χ0n) is 9.54. The van der Waals surface area contributed by atoms with Gasteiger partial charge in [0.05, 0.1) is 4.92 Å². The van der Waals surface area contributed by atoms with Crippen molar-refractivity contribution in [3.8, 4) is 0 Å². The summed E-state index contributed by atoms with van der Waals surface area (Å²) < 4.78 is 12.8. The summed E-state index contributed by atoms with van der Waals surface area (Å²) in [6, 6.07) is 7.69. The molecule has 1 aromatic heterocycles. The van der Waals surface area contributed by atoms with Gasteiger partial charge in [0.2, 0.25) is 5.95 Å². The second-order valence-electron chi connectivity index (χ2n) is 3.63. The Balaban J connectivity index is 2.13. The number of anilines is 1. The molecule has 96 valence electrons. The second-order valence-corrected chi connectivity index (χ2v) is 3.63. The van der Waals surface area contributed by atoms with Crippen molar-refractivity contribution in [2.24, 2.45) is 0 Å². The number of nitro benzene ring substituents is 1. The highest BCUT2D eigenvalue weighted by Crippen LogP contribution is 2.16. The molecule has 1 amide bonds. The number of pyridine rings is 1. The van der Waals surface area contributed by atoms with Crippen molar-refractivity contribution >= 4 is 17.3 Å². The average Bonchev–Trinajstić information content (AvgIpc) is 2.39. The molecule has 1 aromatic carbocycles. The van der Waals surface area contributed by atoms with Gasteiger partial charge in [-0.15, -0.1) is 0 Å². The number of rotatable bonds is 3. The number of halogens is 1. The quantitative estimate of drug-likeness (QED) is 0.522. The molecule has 19 heavy (non-hydrogen) atoms. The van der Waals surface area contributed by atoms with Crippen LogP contribution in [-0.4, -0.2) is 15.8 Å². The summed E-state index contributed by atoms with van der Waals surface area (Å²) in [6.45, 7) is 0. The maximum Gasteiger partial charge on any atom is 0.269 e. The number of amides is 1. The number of hydrogen-bond acceptors (Lipinski definition) is 4. The summed E-state index contributed by atoms with van der Waals surface area (Å²) in [5, 5.41) is 13.0. The summed E-state index contributed by atoms with van der Waals surface area (Å²) in [4.78, 5) is 25.0. The highest BCUT2D eigenvalue weighted by molar-refractivity contribution is 6.04. The van der Waals surface area contributed by atoms with E-state index < -0.39 is 16.8 Å². The fraction of sp³-hybridized carbons (Fsp3) is 0. The van der Waals surface area contributed by atoms with Crippen molar-refractivity contribution < 1.29 is 14.1 Å². The third-order valence-corrected chi connectivity index (χ3v) is 2.32. The molecule has 0 radical (unpaired) electrons. The SMILES string of the molecule is O=C(Nc1ccc([N+](=O)[O-])cc1)c1ccnc(F)c1. The molecule has 0 atom stereocenters. The lowest BCUT2D eigenvalue weighted by molar-refractivity contribution is -0.384. The highest BCUT2D eigenvalue weighted by Gasteiger charge is 2.09. The summed E-state index contributed by atoms with van der Waals surface area (Å²) in [6.07, 6.45) is 1.18. The third kappa shape index (κ3) is 3.09. The molecular formula is C12H8FN3O3. The number of nitrogens with zero attached hydrogens (tertiary/aromatic N) is 2. The van der Waals surface area contributed by atoms with Crippen LogP contribution in [0.4, 0.5) is 15.8 Å². The molecule has 0 bridgehead atoms. The fourth-order valence-electron chi connectivity index (χ4n) is 1.41. The topological polar surface area (TPSA) is 85.1 Å². The maximum absolute atomic E-state index is 12.8. The van der Waals surface area contributed by atoms with Crippen LogP contribution in [0.25, 0.3) is 0 Å². The first kappa shape index (κ1) is 12.6. The van der Waals surface area contributed by atoms with Gasteiger partial charge in [0, 0.05) is 35.6 Å². The summed E-state index contributed by atoms with van der Waals surface area (Å²) in [7, 11) is 0.